The van der Waals surface area contributed by atoms with Crippen LogP contribution in [0.4, 0.5) is 4.79 Å². The maximum atomic E-state index is 12.3. The summed E-state index contributed by atoms with van der Waals surface area (Å²) in [6, 6.07) is 7.59. The Kier molecular flexibility index (Phi) is 5.23. The van der Waals surface area contributed by atoms with Gasteiger partial charge in [-0.25, -0.2) is 9.78 Å². The minimum Gasteiger partial charge on any atom is -0.450 e. The second kappa shape index (κ2) is 7.74. The first-order valence-corrected chi connectivity index (χ1v) is 8.28. The lowest BCUT2D eigenvalue weighted by Gasteiger charge is -2.33. The third-order valence-electron chi connectivity index (χ3n) is 3.98. The number of carbonyl (C=O) groups excluding carboxylic acids is 2. The molecule has 1 fully saturated rings. The first kappa shape index (κ1) is 16.9. The molecule has 2 heterocycles. The summed E-state index contributed by atoms with van der Waals surface area (Å²) in [6.07, 6.45) is 4.49. The molecule has 2 aromatic rings. The maximum Gasteiger partial charge on any atom is 0.409 e. The van der Waals surface area contributed by atoms with Crippen molar-refractivity contribution in [2.45, 2.75) is 6.92 Å². The van der Waals surface area contributed by atoms with Crippen LogP contribution in [0.5, 0.6) is 0 Å². The number of benzene rings is 1. The largest absolute Gasteiger partial charge is 0.450 e. The predicted molar refractivity (Wildman–Crippen MR) is 93.7 cm³/mol. The molecule has 1 saturated heterocycles. The highest BCUT2D eigenvalue weighted by atomic mass is 16.6. The van der Waals surface area contributed by atoms with Crippen LogP contribution in [0, 0.1) is 0 Å². The molecule has 25 heavy (non-hydrogen) atoms. The van der Waals surface area contributed by atoms with Crippen molar-refractivity contribution in [1.29, 1.82) is 0 Å². The minimum absolute atomic E-state index is 0.0986. The number of piperazine rings is 1. The lowest BCUT2D eigenvalue weighted by molar-refractivity contribution is -0.127. The molecule has 2 amide bonds. The smallest absolute Gasteiger partial charge is 0.409 e. The molecule has 0 radical (unpaired) electrons. The van der Waals surface area contributed by atoms with E-state index in [0.29, 0.717) is 38.5 Å². The SMILES string of the molecule is CCOC(=O)N1CCN(C(=O)/C=C/c2cnc3ccccc3n2)CC1. The van der Waals surface area contributed by atoms with Gasteiger partial charge in [-0.05, 0) is 25.1 Å². The van der Waals surface area contributed by atoms with Gasteiger partial charge in [0.05, 0.1) is 29.5 Å². The average Bonchev–Trinajstić information content (AvgIpc) is 2.66. The molecule has 1 aromatic carbocycles. The Morgan fingerprint density at radius 1 is 1.12 bits per heavy atom. The van der Waals surface area contributed by atoms with Gasteiger partial charge in [-0.15, -0.1) is 0 Å². The Bertz CT molecular complexity index is 798. The quantitative estimate of drug-likeness (QED) is 0.798. The van der Waals surface area contributed by atoms with Crippen molar-refractivity contribution in [3.63, 3.8) is 0 Å². The molecular formula is C18H20N4O3. The van der Waals surface area contributed by atoms with E-state index >= 15 is 0 Å². The van der Waals surface area contributed by atoms with Gasteiger partial charge >= 0.3 is 6.09 Å². The van der Waals surface area contributed by atoms with E-state index in [4.69, 9.17) is 4.74 Å². The molecular weight excluding hydrogens is 320 g/mol. The lowest BCUT2D eigenvalue weighted by atomic mass is 10.2. The second-order valence-electron chi connectivity index (χ2n) is 5.63. The van der Waals surface area contributed by atoms with Crippen LogP contribution in [-0.2, 0) is 9.53 Å². The highest BCUT2D eigenvalue weighted by Crippen LogP contribution is 2.10. The summed E-state index contributed by atoms with van der Waals surface area (Å²) in [5, 5.41) is 0. The van der Waals surface area contributed by atoms with Crippen molar-refractivity contribution in [3.05, 3.63) is 42.2 Å². The van der Waals surface area contributed by atoms with E-state index in [2.05, 4.69) is 9.97 Å². The molecule has 0 N–H and O–H groups in total. The molecule has 3 rings (SSSR count). The van der Waals surface area contributed by atoms with Gasteiger partial charge in [0, 0.05) is 32.3 Å². The molecule has 0 unspecified atom stereocenters. The Labute approximate surface area is 145 Å². The Hall–Kier alpha value is -2.96. The van der Waals surface area contributed by atoms with Gasteiger partial charge in [0.15, 0.2) is 0 Å². The normalized spacial score (nSPS) is 14.9. The highest BCUT2D eigenvalue weighted by molar-refractivity contribution is 5.92. The number of rotatable bonds is 3. The standard InChI is InChI=1S/C18H20N4O3/c1-2-25-18(24)22-11-9-21(10-12-22)17(23)8-7-14-13-19-15-5-3-4-6-16(15)20-14/h3-8,13H,2,9-12H2,1H3/b8-7+. The van der Waals surface area contributed by atoms with Gasteiger partial charge in [-0.3, -0.25) is 9.78 Å². The van der Waals surface area contributed by atoms with Gasteiger partial charge in [0.1, 0.15) is 0 Å². The maximum absolute atomic E-state index is 12.3. The van der Waals surface area contributed by atoms with Crippen LogP contribution in [0.2, 0.25) is 0 Å². The zero-order chi connectivity index (χ0) is 17.6. The van der Waals surface area contributed by atoms with Crippen molar-refractivity contribution in [2.24, 2.45) is 0 Å². The molecule has 7 heteroatoms. The van der Waals surface area contributed by atoms with Crippen LogP contribution in [0.3, 0.4) is 0 Å². The molecule has 0 spiro atoms. The van der Waals surface area contributed by atoms with Crippen molar-refractivity contribution in [1.82, 2.24) is 19.8 Å². The number of ether oxygens (including phenoxy) is 1. The van der Waals surface area contributed by atoms with Crippen molar-refractivity contribution in [3.8, 4) is 0 Å². The average molecular weight is 340 g/mol. The van der Waals surface area contributed by atoms with E-state index in [1.165, 1.54) is 6.08 Å². The zero-order valence-corrected chi connectivity index (χ0v) is 14.1. The molecule has 0 atom stereocenters. The molecule has 1 aromatic heterocycles. The number of amides is 2. The number of para-hydroxylation sites is 2. The summed E-state index contributed by atoms with van der Waals surface area (Å²) in [6.45, 7) is 4.07. The minimum atomic E-state index is -0.323. The predicted octanol–water partition coefficient (Wildman–Crippen LogP) is 1.94. The topological polar surface area (TPSA) is 75.6 Å². The van der Waals surface area contributed by atoms with Gasteiger partial charge in [-0.2, -0.15) is 0 Å². The molecule has 130 valence electrons. The Morgan fingerprint density at radius 3 is 2.52 bits per heavy atom. The van der Waals surface area contributed by atoms with Crippen molar-refractivity contribution < 1.29 is 14.3 Å². The Balaban J connectivity index is 1.58. The van der Waals surface area contributed by atoms with Gasteiger partial charge < -0.3 is 14.5 Å². The number of hydrogen-bond acceptors (Lipinski definition) is 5. The van der Waals surface area contributed by atoms with E-state index in [1.54, 1.807) is 29.0 Å². The van der Waals surface area contributed by atoms with Crippen LogP contribution < -0.4 is 0 Å². The lowest BCUT2D eigenvalue weighted by Crippen LogP contribution is -2.50. The number of fused-ring (bicyclic) bond motifs is 1. The van der Waals surface area contributed by atoms with Crippen LogP contribution in [0.1, 0.15) is 12.6 Å². The Morgan fingerprint density at radius 2 is 1.80 bits per heavy atom. The van der Waals surface area contributed by atoms with Crippen LogP contribution in [0.15, 0.2) is 36.5 Å². The monoisotopic (exact) mass is 340 g/mol. The zero-order valence-electron chi connectivity index (χ0n) is 14.1. The van der Waals surface area contributed by atoms with E-state index in [0.717, 1.165) is 11.0 Å². The third-order valence-corrected chi connectivity index (χ3v) is 3.98. The van der Waals surface area contributed by atoms with Crippen LogP contribution >= 0.6 is 0 Å². The number of nitrogens with zero attached hydrogens (tertiary/aromatic N) is 4. The summed E-state index contributed by atoms with van der Waals surface area (Å²) in [7, 11) is 0. The molecule has 0 bridgehead atoms. The van der Waals surface area contributed by atoms with E-state index in [-0.39, 0.29) is 12.0 Å². The fourth-order valence-electron chi connectivity index (χ4n) is 2.64. The van der Waals surface area contributed by atoms with E-state index in [1.807, 2.05) is 24.3 Å². The van der Waals surface area contributed by atoms with Crippen LogP contribution in [0.25, 0.3) is 17.1 Å². The van der Waals surface area contributed by atoms with Crippen molar-refractivity contribution >= 4 is 29.1 Å². The second-order valence-corrected chi connectivity index (χ2v) is 5.63. The molecule has 1 aliphatic rings. The molecule has 0 saturated carbocycles. The summed E-state index contributed by atoms with van der Waals surface area (Å²) >= 11 is 0. The van der Waals surface area contributed by atoms with E-state index < -0.39 is 0 Å². The molecule has 7 nitrogen and oxygen atoms in total. The fourth-order valence-corrected chi connectivity index (χ4v) is 2.64. The van der Waals surface area contributed by atoms with Crippen LogP contribution in [-0.4, -0.2) is 64.6 Å². The first-order valence-electron chi connectivity index (χ1n) is 8.28. The van der Waals surface area contributed by atoms with Gasteiger partial charge in [-0.1, -0.05) is 12.1 Å². The molecule has 1 aliphatic heterocycles. The summed E-state index contributed by atoms with van der Waals surface area (Å²) in [5.41, 5.74) is 2.25. The summed E-state index contributed by atoms with van der Waals surface area (Å²) in [5.74, 6) is -0.0986. The number of aromatic nitrogens is 2. The highest BCUT2D eigenvalue weighted by Gasteiger charge is 2.23. The van der Waals surface area contributed by atoms with E-state index in [9.17, 15) is 9.59 Å². The fraction of sp³-hybridized carbons (Fsp3) is 0.333. The number of hydrogen-bond donors (Lipinski definition) is 0. The number of carbonyl (C=O) groups is 2. The first-order chi connectivity index (χ1) is 12.2. The molecule has 0 aliphatic carbocycles. The van der Waals surface area contributed by atoms with Crippen molar-refractivity contribution in [2.75, 3.05) is 32.8 Å². The van der Waals surface area contributed by atoms with Gasteiger partial charge in [0.2, 0.25) is 5.91 Å². The summed E-state index contributed by atoms with van der Waals surface area (Å²) in [4.78, 5) is 36.1. The summed E-state index contributed by atoms with van der Waals surface area (Å²) < 4.78 is 4.97. The third kappa shape index (κ3) is 4.12. The van der Waals surface area contributed by atoms with Gasteiger partial charge in [0.25, 0.3) is 0 Å².